The Balaban J connectivity index is 1.45. The number of rotatable bonds is 3. The lowest BCUT2D eigenvalue weighted by Gasteiger charge is -2.38. The Morgan fingerprint density at radius 2 is 1.68 bits per heavy atom. The minimum absolute atomic E-state index is 0.166. The minimum atomic E-state index is -0.408. The molecule has 1 atom stereocenters. The molecule has 28 heavy (non-hydrogen) atoms. The van der Waals surface area contributed by atoms with E-state index < -0.39 is 6.04 Å². The Hall–Kier alpha value is -2.08. The van der Waals surface area contributed by atoms with Crippen LogP contribution in [0.4, 0.5) is 11.4 Å². The van der Waals surface area contributed by atoms with Crippen LogP contribution in [-0.2, 0) is 9.59 Å². The number of nitrogens with zero attached hydrogens (tertiary/aromatic N) is 3. The van der Waals surface area contributed by atoms with Gasteiger partial charge in [-0.1, -0.05) is 35.3 Å². The number of halogens is 2. The summed E-state index contributed by atoms with van der Waals surface area (Å²) in [5.74, 6) is -0.340. The van der Waals surface area contributed by atoms with Crippen LogP contribution in [0.3, 0.4) is 0 Å². The van der Waals surface area contributed by atoms with Gasteiger partial charge >= 0.3 is 0 Å². The summed E-state index contributed by atoms with van der Waals surface area (Å²) >= 11 is 12.3. The van der Waals surface area contributed by atoms with Crippen molar-refractivity contribution < 1.29 is 9.59 Å². The van der Waals surface area contributed by atoms with Crippen molar-refractivity contribution in [3.8, 4) is 0 Å². The van der Waals surface area contributed by atoms with Gasteiger partial charge in [-0.25, -0.2) is 4.90 Å². The number of amides is 2. The molecule has 0 spiro atoms. The normalized spacial score (nSPS) is 20.9. The van der Waals surface area contributed by atoms with Gasteiger partial charge in [-0.05, 0) is 42.8 Å². The van der Waals surface area contributed by atoms with E-state index in [2.05, 4.69) is 9.80 Å². The smallest absolute Gasteiger partial charge is 0.251 e. The van der Waals surface area contributed by atoms with Gasteiger partial charge in [0, 0.05) is 41.9 Å². The molecule has 2 heterocycles. The number of aryl methyl sites for hydroxylation is 1. The number of piperazine rings is 1. The highest BCUT2D eigenvalue weighted by molar-refractivity contribution is 6.32. The second-order valence-electron chi connectivity index (χ2n) is 7.22. The zero-order chi connectivity index (χ0) is 19.8. The van der Waals surface area contributed by atoms with Gasteiger partial charge in [0.2, 0.25) is 5.91 Å². The van der Waals surface area contributed by atoms with Crippen LogP contribution in [0.25, 0.3) is 0 Å². The van der Waals surface area contributed by atoms with Crippen LogP contribution in [0.1, 0.15) is 12.0 Å². The van der Waals surface area contributed by atoms with Crippen LogP contribution in [0.5, 0.6) is 0 Å². The Labute approximate surface area is 174 Å². The lowest BCUT2D eigenvalue weighted by atomic mass is 10.1. The van der Waals surface area contributed by atoms with Gasteiger partial charge < -0.3 is 4.90 Å². The average Bonchev–Trinajstić information content (AvgIpc) is 2.98. The van der Waals surface area contributed by atoms with E-state index in [4.69, 9.17) is 23.2 Å². The molecule has 2 amide bonds. The molecule has 0 N–H and O–H groups in total. The minimum Gasteiger partial charge on any atom is -0.369 e. The highest BCUT2D eigenvalue weighted by atomic mass is 35.5. The van der Waals surface area contributed by atoms with Crippen LogP contribution >= 0.6 is 23.2 Å². The molecular weight excluding hydrogens is 397 g/mol. The summed E-state index contributed by atoms with van der Waals surface area (Å²) in [5.41, 5.74) is 2.54. The lowest BCUT2D eigenvalue weighted by molar-refractivity contribution is -0.123. The molecule has 0 aromatic heterocycles. The van der Waals surface area contributed by atoms with E-state index in [9.17, 15) is 9.59 Å². The number of anilines is 2. The first kappa shape index (κ1) is 19.2. The zero-order valence-electron chi connectivity index (χ0n) is 15.6. The average molecular weight is 418 g/mol. The van der Waals surface area contributed by atoms with Gasteiger partial charge in [0.15, 0.2) is 0 Å². The van der Waals surface area contributed by atoms with Crippen molar-refractivity contribution in [3.63, 3.8) is 0 Å². The molecule has 2 aliphatic heterocycles. The molecule has 0 radical (unpaired) electrons. The van der Waals surface area contributed by atoms with E-state index >= 15 is 0 Å². The molecule has 2 aromatic rings. The largest absolute Gasteiger partial charge is 0.369 e. The third-order valence-corrected chi connectivity index (χ3v) is 6.11. The maximum atomic E-state index is 13.0. The molecule has 2 aliphatic rings. The molecule has 2 aromatic carbocycles. The predicted octanol–water partition coefficient (Wildman–Crippen LogP) is 3.76. The van der Waals surface area contributed by atoms with Gasteiger partial charge in [0.1, 0.15) is 0 Å². The van der Waals surface area contributed by atoms with E-state index in [-0.39, 0.29) is 18.2 Å². The fourth-order valence-electron chi connectivity index (χ4n) is 3.86. The van der Waals surface area contributed by atoms with E-state index in [1.165, 1.54) is 4.90 Å². The van der Waals surface area contributed by atoms with Gasteiger partial charge in [0.05, 0.1) is 18.2 Å². The van der Waals surface area contributed by atoms with Crippen molar-refractivity contribution in [1.82, 2.24) is 4.90 Å². The monoisotopic (exact) mass is 417 g/mol. The fourth-order valence-corrected chi connectivity index (χ4v) is 4.22. The molecule has 0 unspecified atom stereocenters. The number of carbonyl (C=O) groups excluding carboxylic acids is 2. The predicted molar refractivity (Wildman–Crippen MR) is 112 cm³/mol. The number of carbonyl (C=O) groups is 2. The number of imide groups is 1. The SMILES string of the molecule is Cc1ccc(N2C(=O)C[C@@H](N3CCN(c4cccc(Cl)c4)CC3)C2=O)cc1Cl. The number of hydrogen-bond donors (Lipinski definition) is 0. The molecule has 5 nitrogen and oxygen atoms in total. The van der Waals surface area contributed by atoms with E-state index in [0.717, 1.165) is 37.4 Å². The van der Waals surface area contributed by atoms with Gasteiger partial charge in [-0.3, -0.25) is 14.5 Å². The molecule has 0 aliphatic carbocycles. The van der Waals surface area contributed by atoms with E-state index in [1.807, 2.05) is 37.3 Å². The Kier molecular flexibility index (Phi) is 5.32. The Morgan fingerprint density at radius 3 is 2.36 bits per heavy atom. The molecular formula is C21H21Cl2N3O2. The fraction of sp³-hybridized carbons (Fsp3) is 0.333. The van der Waals surface area contributed by atoms with Crippen molar-refractivity contribution in [3.05, 3.63) is 58.1 Å². The standard InChI is InChI=1S/C21H21Cl2N3O2/c1-14-5-6-17(12-18(14)23)26-20(27)13-19(21(26)28)25-9-7-24(8-10-25)16-4-2-3-15(22)11-16/h2-6,11-12,19H,7-10,13H2,1H3/t19-/m1/s1. The second kappa shape index (κ2) is 7.74. The van der Waals surface area contributed by atoms with Gasteiger partial charge in [-0.2, -0.15) is 0 Å². The Morgan fingerprint density at radius 1 is 0.929 bits per heavy atom. The summed E-state index contributed by atoms with van der Waals surface area (Å²) in [5, 5.41) is 1.26. The summed E-state index contributed by atoms with van der Waals surface area (Å²) in [6.45, 7) is 4.91. The van der Waals surface area contributed by atoms with Crippen LogP contribution in [0.2, 0.25) is 10.0 Å². The van der Waals surface area contributed by atoms with Crippen LogP contribution in [-0.4, -0.2) is 48.9 Å². The van der Waals surface area contributed by atoms with Crippen LogP contribution in [0.15, 0.2) is 42.5 Å². The van der Waals surface area contributed by atoms with Crippen molar-refractivity contribution in [2.45, 2.75) is 19.4 Å². The topological polar surface area (TPSA) is 43.9 Å². The van der Waals surface area contributed by atoms with E-state index in [0.29, 0.717) is 15.7 Å². The summed E-state index contributed by atoms with van der Waals surface area (Å²) in [7, 11) is 0. The molecule has 7 heteroatoms. The molecule has 0 saturated carbocycles. The molecule has 0 bridgehead atoms. The number of benzene rings is 2. The quantitative estimate of drug-likeness (QED) is 0.713. The van der Waals surface area contributed by atoms with Crippen molar-refractivity contribution in [1.29, 1.82) is 0 Å². The summed E-state index contributed by atoms with van der Waals surface area (Å²) in [4.78, 5) is 31.2. The first-order chi connectivity index (χ1) is 13.4. The lowest BCUT2D eigenvalue weighted by Crippen LogP contribution is -2.52. The highest BCUT2D eigenvalue weighted by Gasteiger charge is 2.43. The molecule has 2 fully saturated rings. The van der Waals surface area contributed by atoms with Crippen molar-refractivity contribution in [2.75, 3.05) is 36.0 Å². The van der Waals surface area contributed by atoms with Gasteiger partial charge in [-0.15, -0.1) is 0 Å². The molecule has 146 valence electrons. The molecule has 4 rings (SSSR count). The number of hydrogen-bond acceptors (Lipinski definition) is 4. The van der Waals surface area contributed by atoms with Gasteiger partial charge in [0.25, 0.3) is 5.91 Å². The van der Waals surface area contributed by atoms with Crippen LogP contribution < -0.4 is 9.80 Å². The maximum Gasteiger partial charge on any atom is 0.251 e. The summed E-state index contributed by atoms with van der Waals surface area (Å²) < 4.78 is 0. The van der Waals surface area contributed by atoms with Crippen LogP contribution in [0, 0.1) is 6.92 Å². The van der Waals surface area contributed by atoms with Crippen molar-refractivity contribution >= 4 is 46.4 Å². The summed E-state index contributed by atoms with van der Waals surface area (Å²) in [6.07, 6.45) is 0.210. The Bertz CT molecular complexity index is 926. The van der Waals surface area contributed by atoms with E-state index in [1.54, 1.807) is 12.1 Å². The maximum absolute atomic E-state index is 13.0. The third-order valence-electron chi connectivity index (χ3n) is 5.46. The highest BCUT2D eigenvalue weighted by Crippen LogP contribution is 2.30. The second-order valence-corrected chi connectivity index (χ2v) is 8.07. The zero-order valence-corrected chi connectivity index (χ0v) is 17.1. The first-order valence-electron chi connectivity index (χ1n) is 9.31. The molecule has 2 saturated heterocycles. The third kappa shape index (κ3) is 3.62. The summed E-state index contributed by atoms with van der Waals surface area (Å²) in [6, 6.07) is 12.7. The first-order valence-corrected chi connectivity index (χ1v) is 10.1. The van der Waals surface area contributed by atoms with Crippen molar-refractivity contribution in [2.24, 2.45) is 0 Å².